The minimum Gasteiger partial charge on any atom is -0.458 e. The maximum atomic E-state index is 12.0. The van der Waals surface area contributed by atoms with Crippen LogP contribution in [0.15, 0.2) is 11.6 Å². The summed E-state index contributed by atoms with van der Waals surface area (Å²) in [5, 5.41) is 20.7. The van der Waals surface area contributed by atoms with Crippen molar-refractivity contribution in [1.82, 2.24) is 0 Å². The van der Waals surface area contributed by atoms with Crippen LogP contribution in [-0.2, 0) is 14.3 Å². The van der Waals surface area contributed by atoms with Gasteiger partial charge in [0.05, 0.1) is 30.0 Å². The molecule has 2 aliphatic carbocycles. The first-order chi connectivity index (χ1) is 11.7. The predicted octanol–water partition coefficient (Wildman–Crippen LogP) is 2.20. The van der Waals surface area contributed by atoms with Gasteiger partial charge in [0, 0.05) is 5.41 Å². The molecule has 3 fully saturated rings. The summed E-state index contributed by atoms with van der Waals surface area (Å²) in [6.07, 6.45) is 5.53. The quantitative estimate of drug-likeness (QED) is 0.747. The second-order valence-electron chi connectivity index (χ2n) is 9.28. The Morgan fingerprint density at radius 3 is 2.60 bits per heavy atom. The molecular formula is C20H30O5. The molecule has 0 radical (unpaired) electrons. The number of esters is 1. The maximum absolute atomic E-state index is 12.0. The van der Waals surface area contributed by atoms with Crippen molar-refractivity contribution < 1.29 is 24.5 Å². The third-order valence-corrected chi connectivity index (χ3v) is 8.07. The predicted molar refractivity (Wildman–Crippen MR) is 91.7 cm³/mol. The first kappa shape index (κ1) is 17.5. The summed E-state index contributed by atoms with van der Waals surface area (Å²) in [6, 6.07) is 0. The third kappa shape index (κ3) is 2.28. The lowest BCUT2D eigenvalue weighted by molar-refractivity contribution is -0.197. The van der Waals surface area contributed by atoms with Crippen molar-refractivity contribution in [2.24, 2.45) is 22.7 Å². The molecule has 5 heteroatoms. The van der Waals surface area contributed by atoms with Gasteiger partial charge in [0.2, 0.25) is 0 Å². The molecule has 0 amide bonds. The van der Waals surface area contributed by atoms with Gasteiger partial charge >= 0.3 is 5.97 Å². The highest BCUT2D eigenvalue weighted by atomic mass is 16.5. The number of aliphatic hydroxyl groups excluding tert-OH is 2. The average Bonchev–Trinajstić information content (AvgIpc) is 3.15. The van der Waals surface area contributed by atoms with Gasteiger partial charge in [0.25, 0.3) is 0 Å². The van der Waals surface area contributed by atoms with E-state index in [-0.39, 0.29) is 35.6 Å². The fourth-order valence-corrected chi connectivity index (χ4v) is 6.61. The molecule has 0 bridgehead atoms. The third-order valence-electron chi connectivity index (χ3n) is 8.07. The summed E-state index contributed by atoms with van der Waals surface area (Å²) in [4.78, 5) is 12.0. The van der Waals surface area contributed by atoms with Crippen LogP contribution in [-0.4, -0.2) is 47.2 Å². The van der Waals surface area contributed by atoms with Crippen LogP contribution in [0.4, 0.5) is 0 Å². The van der Waals surface area contributed by atoms with Crippen LogP contribution in [0.25, 0.3) is 0 Å². The van der Waals surface area contributed by atoms with E-state index in [1.165, 1.54) is 0 Å². The van der Waals surface area contributed by atoms with E-state index in [4.69, 9.17) is 9.47 Å². The van der Waals surface area contributed by atoms with E-state index in [9.17, 15) is 15.0 Å². The maximum Gasteiger partial charge on any atom is 0.336 e. The van der Waals surface area contributed by atoms with Crippen LogP contribution < -0.4 is 0 Å². The van der Waals surface area contributed by atoms with Crippen molar-refractivity contribution in [2.75, 3.05) is 13.2 Å². The Morgan fingerprint density at radius 1 is 1.20 bits per heavy atom. The van der Waals surface area contributed by atoms with Crippen LogP contribution in [0.3, 0.4) is 0 Å². The molecule has 1 saturated heterocycles. The van der Waals surface area contributed by atoms with E-state index in [2.05, 4.69) is 13.8 Å². The van der Waals surface area contributed by atoms with Crippen molar-refractivity contribution in [3.05, 3.63) is 11.6 Å². The lowest BCUT2D eigenvalue weighted by Crippen LogP contribution is -2.61. The number of hydrogen-bond acceptors (Lipinski definition) is 5. The van der Waals surface area contributed by atoms with Gasteiger partial charge in [-0.2, -0.15) is 0 Å². The molecule has 0 aromatic rings. The highest BCUT2D eigenvalue weighted by Gasteiger charge is 2.65. The van der Waals surface area contributed by atoms with E-state index >= 15 is 0 Å². The Morgan fingerprint density at radius 2 is 1.96 bits per heavy atom. The number of aliphatic hydroxyl groups is 2. The van der Waals surface area contributed by atoms with Gasteiger partial charge < -0.3 is 19.7 Å². The first-order valence-electron chi connectivity index (χ1n) is 9.58. The SMILES string of the molecule is C[C@]1(CO)[C@H]2CC[C@@]3(C)O[C@H](C4=CCOC4=O)C[C@H]3[C@]2(C)CC[C@H]1O. The summed E-state index contributed by atoms with van der Waals surface area (Å²) in [5.74, 6) is 0.336. The van der Waals surface area contributed by atoms with Gasteiger partial charge in [0.15, 0.2) is 0 Å². The monoisotopic (exact) mass is 350 g/mol. The molecule has 2 N–H and O–H groups in total. The van der Waals surface area contributed by atoms with Crippen molar-refractivity contribution in [2.45, 2.75) is 70.7 Å². The van der Waals surface area contributed by atoms with Crippen molar-refractivity contribution >= 4 is 5.97 Å². The lowest BCUT2D eigenvalue weighted by atomic mass is 9.44. The average molecular weight is 350 g/mol. The minimum atomic E-state index is -0.460. The summed E-state index contributed by atoms with van der Waals surface area (Å²) in [6.45, 7) is 6.89. The largest absolute Gasteiger partial charge is 0.458 e. The van der Waals surface area contributed by atoms with Gasteiger partial charge in [-0.1, -0.05) is 13.8 Å². The fourth-order valence-electron chi connectivity index (χ4n) is 6.61. The number of carbonyl (C=O) groups is 1. The van der Waals surface area contributed by atoms with E-state index < -0.39 is 11.5 Å². The second kappa shape index (κ2) is 5.54. The summed E-state index contributed by atoms with van der Waals surface area (Å²) in [7, 11) is 0. The molecule has 140 valence electrons. The van der Waals surface area contributed by atoms with Crippen molar-refractivity contribution in [3.8, 4) is 0 Å². The lowest BCUT2D eigenvalue weighted by Gasteiger charge is -2.61. The number of fused-ring (bicyclic) bond motifs is 3. The van der Waals surface area contributed by atoms with Gasteiger partial charge in [-0.3, -0.25) is 0 Å². The minimum absolute atomic E-state index is 0.00152. The highest BCUT2D eigenvalue weighted by Crippen LogP contribution is 2.66. The van der Waals surface area contributed by atoms with Gasteiger partial charge in [-0.25, -0.2) is 4.79 Å². The van der Waals surface area contributed by atoms with Crippen LogP contribution >= 0.6 is 0 Å². The Labute approximate surface area is 149 Å². The Bertz CT molecular complexity index is 615. The highest BCUT2D eigenvalue weighted by molar-refractivity contribution is 5.91. The van der Waals surface area contributed by atoms with E-state index in [0.717, 1.165) is 25.7 Å². The van der Waals surface area contributed by atoms with Crippen molar-refractivity contribution in [3.63, 3.8) is 0 Å². The number of carbonyl (C=O) groups excluding carboxylic acids is 1. The smallest absolute Gasteiger partial charge is 0.336 e. The van der Waals surface area contributed by atoms with E-state index in [0.29, 0.717) is 24.5 Å². The zero-order chi connectivity index (χ0) is 18.0. The van der Waals surface area contributed by atoms with Gasteiger partial charge in [-0.15, -0.1) is 0 Å². The molecule has 2 heterocycles. The van der Waals surface area contributed by atoms with Crippen molar-refractivity contribution in [1.29, 1.82) is 0 Å². The number of ether oxygens (including phenoxy) is 2. The Kier molecular flexibility index (Phi) is 3.88. The molecule has 2 aliphatic heterocycles. The molecule has 25 heavy (non-hydrogen) atoms. The van der Waals surface area contributed by atoms with E-state index in [1.54, 1.807) is 0 Å². The molecule has 7 atom stereocenters. The van der Waals surface area contributed by atoms with Gasteiger partial charge in [-0.05, 0) is 62.4 Å². The molecule has 0 spiro atoms. The number of hydrogen-bond donors (Lipinski definition) is 2. The molecule has 0 unspecified atom stereocenters. The molecule has 0 aromatic heterocycles. The molecule has 4 rings (SSSR count). The van der Waals surface area contributed by atoms with Crippen LogP contribution in [0, 0.1) is 22.7 Å². The zero-order valence-corrected chi connectivity index (χ0v) is 15.5. The van der Waals surface area contributed by atoms with Crippen LogP contribution in [0.5, 0.6) is 0 Å². The first-order valence-corrected chi connectivity index (χ1v) is 9.58. The molecule has 2 saturated carbocycles. The number of rotatable bonds is 2. The van der Waals surface area contributed by atoms with Crippen LogP contribution in [0.2, 0.25) is 0 Å². The molecule has 0 aromatic carbocycles. The Balaban J connectivity index is 1.67. The van der Waals surface area contributed by atoms with E-state index in [1.807, 2.05) is 13.0 Å². The second-order valence-corrected chi connectivity index (χ2v) is 9.28. The van der Waals surface area contributed by atoms with Crippen LogP contribution in [0.1, 0.15) is 52.9 Å². The summed E-state index contributed by atoms with van der Waals surface area (Å²) >= 11 is 0. The fraction of sp³-hybridized carbons (Fsp3) is 0.850. The Hall–Kier alpha value is -0.910. The summed E-state index contributed by atoms with van der Waals surface area (Å²) in [5.41, 5.74) is -0.0332. The molecule has 4 aliphatic rings. The summed E-state index contributed by atoms with van der Waals surface area (Å²) < 4.78 is 11.5. The molecular weight excluding hydrogens is 320 g/mol. The zero-order valence-electron chi connectivity index (χ0n) is 15.5. The molecule has 5 nitrogen and oxygen atoms in total. The topological polar surface area (TPSA) is 76.0 Å². The standard InChI is InChI=1S/C20H30O5/c1-18-7-5-16(22)19(2,11-21)14(18)4-8-20(3)15(18)10-13(25-20)12-6-9-24-17(12)23/h6,13-16,21-22H,4-5,7-11H2,1-3H3/t13-,14-,15-,16+,18+,19-,20+/m0/s1. The number of cyclic esters (lactones) is 1. The normalized spacial score (nSPS) is 52.4. The van der Waals surface area contributed by atoms with Gasteiger partial charge in [0.1, 0.15) is 6.61 Å².